The summed E-state index contributed by atoms with van der Waals surface area (Å²) < 4.78 is 10.2. The van der Waals surface area contributed by atoms with Crippen LogP contribution in [0, 0.1) is 0 Å². The average molecular weight is 339 g/mol. The molecule has 0 bridgehead atoms. The Bertz CT molecular complexity index is 766. The monoisotopic (exact) mass is 339 g/mol. The minimum absolute atomic E-state index is 0.239. The summed E-state index contributed by atoms with van der Waals surface area (Å²) in [5, 5.41) is 2.81. The van der Waals surface area contributed by atoms with E-state index in [0.717, 1.165) is 11.3 Å². The first-order valence-electron chi connectivity index (χ1n) is 7.95. The zero-order chi connectivity index (χ0) is 18.2. The van der Waals surface area contributed by atoms with E-state index >= 15 is 0 Å². The Morgan fingerprint density at radius 1 is 1.12 bits per heavy atom. The van der Waals surface area contributed by atoms with Crippen molar-refractivity contribution in [2.24, 2.45) is 0 Å². The van der Waals surface area contributed by atoms with Crippen LogP contribution in [0.1, 0.15) is 33.2 Å². The summed E-state index contributed by atoms with van der Waals surface area (Å²) in [4.78, 5) is 24.1. The van der Waals surface area contributed by atoms with Gasteiger partial charge in [0, 0.05) is 11.3 Å². The van der Waals surface area contributed by atoms with Crippen LogP contribution in [0.25, 0.3) is 0 Å². The highest BCUT2D eigenvalue weighted by molar-refractivity contribution is 6.04. The van der Waals surface area contributed by atoms with Crippen LogP contribution in [0.3, 0.4) is 0 Å². The molecule has 0 spiro atoms. The number of allylic oxidation sites excluding steroid dienone is 1. The van der Waals surface area contributed by atoms with Crippen LogP contribution in [0.4, 0.5) is 5.69 Å². The van der Waals surface area contributed by atoms with Crippen LogP contribution in [0.15, 0.2) is 55.1 Å². The zero-order valence-corrected chi connectivity index (χ0v) is 14.4. The first-order chi connectivity index (χ1) is 12.1. The average Bonchev–Trinajstić information content (AvgIpc) is 2.62. The van der Waals surface area contributed by atoms with E-state index in [-0.39, 0.29) is 11.9 Å². The second-order valence-electron chi connectivity index (χ2n) is 5.27. The number of carbonyl (C=O) groups excluding carboxylic acids is 2. The SMILES string of the molecule is C=CCc1cc(C(=O)Nc2ccc(C(=O)OCC)cc2)ccc1OC. The quantitative estimate of drug-likeness (QED) is 0.615. The fraction of sp³-hybridized carbons (Fsp3) is 0.200. The number of anilines is 1. The number of benzene rings is 2. The molecule has 0 saturated carbocycles. The molecule has 1 N–H and O–H groups in total. The Labute approximate surface area is 147 Å². The maximum Gasteiger partial charge on any atom is 0.338 e. The maximum absolute atomic E-state index is 12.4. The molecule has 130 valence electrons. The van der Waals surface area contributed by atoms with E-state index in [9.17, 15) is 9.59 Å². The molecule has 0 heterocycles. The van der Waals surface area contributed by atoms with Gasteiger partial charge < -0.3 is 14.8 Å². The van der Waals surface area contributed by atoms with Gasteiger partial charge in [0.25, 0.3) is 5.91 Å². The first-order valence-corrected chi connectivity index (χ1v) is 7.95. The largest absolute Gasteiger partial charge is 0.496 e. The Kier molecular flexibility index (Phi) is 6.34. The smallest absolute Gasteiger partial charge is 0.338 e. The van der Waals surface area contributed by atoms with Crippen LogP contribution in [0.5, 0.6) is 5.75 Å². The van der Waals surface area contributed by atoms with E-state index < -0.39 is 0 Å². The third kappa shape index (κ3) is 4.70. The number of carbonyl (C=O) groups is 2. The molecule has 5 nitrogen and oxygen atoms in total. The maximum atomic E-state index is 12.4. The third-order valence-corrected chi connectivity index (χ3v) is 3.56. The highest BCUT2D eigenvalue weighted by atomic mass is 16.5. The van der Waals surface area contributed by atoms with Gasteiger partial charge in [-0.1, -0.05) is 6.08 Å². The van der Waals surface area contributed by atoms with E-state index in [1.54, 1.807) is 62.6 Å². The first kappa shape index (κ1) is 18.3. The number of hydrogen-bond donors (Lipinski definition) is 1. The Balaban J connectivity index is 2.12. The molecule has 0 unspecified atom stereocenters. The number of esters is 1. The molecule has 0 aromatic heterocycles. The lowest BCUT2D eigenvalue weighted by Crippen LogP contribution is -2.13. The number of nitrogens with one attached hydrogen (secondary N) is 1. The molecule has 25 heavy (non-hydrogen) atoms. The van der Waals surface area contributed by atoms with Gasteiger partial charge in [-0.25, -0.2) is 4.79 Å². The number of amides is 1. The molecule has 0 saturated heterocycles. The molecular formula is C20H21NO4. The predicted molar refractivity (Wildman–Crippen MR) is 97.2 cm³/mol. The standard InChI is InChI=1S/C20H21NO4/c1-4-6-15-13-16(9-12-18(15)24-3)19(22)21-17-10-7-14(8-11-17)20(23)25-5-2/h4,7-13H,1,5-6H2,2-3H3,(H,21,22). The molecule has 0 aliphatic heterocycles. The van der Waals surface area contributed by atoms with Gasteiger partial charge >= 0.3 is 5.97 Å². The molecule has 0 fully saturated rings. The van der Waals surface area contributed by atoms with Gasteiger partial charge in [-0.2, -0.15) is 0 Å². The number of rotatable bonds is 7. The molecule has 2 rings (SSSR count). The van der Waals surface area contributed by atoms with Gasteiger partial charge in [-0.05, 0) is 61.4 Å². The third-order valence-electron chi connectivity index (χ3n) is 3.56. The number of methoxy groups -OCH3 is 1. The second kappa shape index (κ2) is 8.68. The van der Waals surface area contributed by atoms with Gasteiger partial charge in [-0.15, -0.1) is 6.58 Å². The van der Waals surface area contributed by atoms with Gasteiger partial charge in [0.2, 0.25) is 0 Å². The van der Waals surface area contributed by atoms with Crippen LogP contribution in [-0.2, 0) is 11.2 Å². The van der Waals surface area contributed by atoms with E-state index in [1.165, 1.54) is 0 Å². The van der Waals surface area contributed by atoms with Crippen molar-refractivity contribution in [3.63, 3.8) is 0 Å². The van der Waals surface area contributed by atoms with Crippen LogP contribution in [-0.4, -0.2) is 25.6 Å². The highest BCUT2D eigenvalue weighted by Crippen LogP contribution is 2.21. The van der Waals surface area contributed by atoms with Gasteiger partial charge in [-0.3, -0.25) is 4.79 Å². The van der Waals surface area contributed by atoms with Gasteiger partial charge in [0.15, 0.2) is 0 Å². The van der Waals surface area contributed by atoms with Crippen molar-refractivity contribution in [3.05, 3.63) is 71.8 Å². The van der Waals surface area contributed by atoms with E-state index in [4.69, 9.17) is 9.47 Å². The fourth-order valence-corrected chi connectivity index (χ4v) is 2.34. The van der Waals surface area contributed by atoms with Crippen molar-refractivity contribution >= 4 is 17.6 Å². The summed E-state index contributed by atoms with van der Waals surface area (Å²) in [5.41, 5.74) is 2.45. The molecule has 5 heteroatoms. The molecule has 0 atom stereocenters. The van der Waals surface area contributed by atoms with Gasteiger partial charge in [0.1, 0.15) is 5.75 Å². The summed E-state index contributed by atoms with van der Waals surface area (Å²) >= 11 is 0. The highest BCUT2D eigenvalue weighted by Gasteiger charge is 2.11. The van der Waals surface area contributed by atoms with E-state index in [2.05, 4.69) is 11.9 Å². The Hall–Kier alpha value is -3.08. The Morgan fingerprint density at radius 3 is 2.40 bits per heavy atom. The van der Waals surface area contributed by atoms with Crippen LogP contribution >= 0.6 is 0 Å². The van der Waals surface area contributed by atoms with E-state index in [1.807, 2.05) is 0 Å². The van der Waals surface area contributed by atoms with Crippen molar-refractivity contribution in [2.45, 2.75) is 13.3 Å². The summed E-state index contributed by atoms with van der Waals surface area (Å²) in [6.45, 7) is 5.79. The van der Waals surface area contributed by atoms with Crippen molar-refractivity contribution < 1.29 is 19.1 Å². The number of ether oxygens (including phenoxy) is 2. The molecule has 0 radical (unpaired) electrons. The lowest BCUT2D eigenvalue weighted by Gasteiger charge is -2.10. The lowest BCUT2D eigenvalue weighted by molar-refractivity contribution is 0.0526. The minimum atomic E-state index is -0.385. The lowest BCUT2D eigenvalue weighted by atomic mass is 10.1. The minimum Gasteiger partial charge on any atom is -0.496 e. The predicted octanol–water partition coefficient (Wildman–Crippen LogP) is 3.85. The van der Waals surface area contributed by atoms with Crippen molar-refractivity contribution in [1.29, 1.82) is 0 Å². The topological polar surface area (TPSA) is 64.6 Å². The Morgan fingerprint density at radius 2 is 1.80 bits per heavy atom. The molecule has 2 aromatic carbocycles. The van der Waals surface area contributed by atoms with Crippen LogP contribution in [0.2, 0.25) is 0 Å². The normalized spacial score (nSPS) is 10.0. The molecule has 2 aromatic rings. The number of hydrogen-bond acceptors (Lipinski definition) is 4. The molecule has 1 amide bonds. The molecular weight excluding hydrogens is 318 g/mol. The van der Waals surface area contributed by atoms with Gasteiger partial charge in [0.05, 0.1) is 19.3 Å². The second-order valence-corrected chi connectivity index (χ2v) is 5.27. The summed E-state index contributed by atoms with van der Waals surface area (Å²) in [7, 11) is 1.59. The zero-order valence-electron chi connectivity index (χ0n) is 14.4. The van der Waals surface area contributed by atoms with Crippen molar-refractivity contribution in [2.75, 3.05) is 19.0 Å². The van der Waals surface area contributed by atoms with E-state index in [0.29, 0.717) is 29.8 Å². The summed E-state index contributed by atoms with van der Waals surface area (Å²) in [6, 6.07) is 11.8. The molecule has 0 aliphatic rings. The summed E-state index contributed by atoms with van der Waals surface area (Å²) in [6.07, 6.45) is 2.37. The fourth-order valence-electron chi connectivity index (χ4n) is 2.34. The summed E-state index contributed by atoms with van der Waals surface area (Å²) in [5.74, 6) is 0.0942. The van der Waals surface area contributed by atoms with Crippen LogP contribution < -0.4 is 10.1 Å². The van der Waals surface area contributed by atoms with Crippen molar-refractivity contribution in [3.8, 4) is 5.75 Å². The van der Waals surface area contributed by atoms with Crippen molar-refractivity contribution in [1.82, 2.24) is 0 Å². The molecule has 0 aliphatic carbocycles.